The first-order valence-corrected chi connectivity index (χ1v) is 28.0. The molecule has 8 heterocycles. The Morgan fingerprint density at radius 1 is 0.625 bits per heavy atom. The highest BCUT2D eigenvalue weighted by Gasteiger charge is 2.41. The molecule has 4 saturated heterocycles. The third-order valence-electron chi connectivity index (χ3n) is 14.8. The second kappa shape index (κ2) is 18.1. The number of nitrogens with zero attached hydrogens (tertiary/aromatic N) is 9. The summed E-state index contributed by atoms with van der Waals surface area (Å²) in [6.45, 7) is 9.33. The predicted molar refractivity (Wildman–Crippen MR) is 273 cm³/mol. The highest BCUT2D eigenvalue weighted by atomic mass is 32.2. The molecule has 12 rings (SSSR count). The van der Waals surface area contributed by atoms with Crippen LogP contribution < -0.4 is 10.2 Å². The zero-order valence-corrected chi connectivity index (χ0v) is 42.6. The van der Waals surface area contributed by atoms with Crippen molar-refractivity contribution in [1.82, 2.24) is 43.3 Å². The standard InChI is InChI=1S/C31H31N5O4S.C21H25N5O4S/c1-19-30(20(2)40-33-19)22-11-12-27-25(17-22)32-31(35(27)23-15-16-34(18-23)41(3,38)39)28-13-14-29(37)36(28)26-10-6-8-21-7-4-5-9-24(21)26;1-12-20(13(2)30-24-12)14-4-6-18-17(10-14)23-21(16-5-7-19(27)22-16)26(18)15-8-9-25(11-15)31(3,28)29/h4-12,17,23,28H,13-16,18H2,1-3H3;4,6,10,15-16H,5,7-9,11H2,1-3H3,(H,22,27)/t23-,28+;15-,16+/m11/s1. The number of sulfonamides is 2. The molecule has 72 heavy (non-hydrogen) atoms. The van der Waals surface area contributed by atoms with Crippen molar-refractivity contribution in [3.05, 3.63) is 113 Å². The Morgan fingerprint density at radius 3 is 1.68 bits per heavy atom. The van der Waals surface area contributed by atoms with Crippen molar-refractivity contribution < 1.29 is 35.5 Å². The van der Waals surface area contributed by atoms with Crippen LogP contribution in [0.5, 0.6) is 0 Å². The number of amides is 2. The van der Waals surface area contributed by atoms with Gasteiger partial charge in [-0.1, -0.05) is 58.8 Å². The monoisotopic (exact) mass is 1010 g/mol. The lowest BCUT2D eigenvalue weighted by Crippen LogP contribution is -2.31. The van der Waals surface area contributed by atoms with E-state index in [0.29, 0.717) is 64.7 Å². The number of fused-ring (bicyclic) bond motifs is 3. The van der Waals surface area contributed by atoms with Crippen LogP contribution >= 0.6 is 0 Å². The fourth-order valence-corrected chi connectivity index (χ4v) is 13.2. The molecule has 2 amide bonds. The van der Waals surface area contributed by atoms with Gasteiger partial charge in [0.15, 0.2) is 0 Å². The molecule has 0 bridgehead atoms. The summed E-state index contributed by atoms with van der Waals surface area (Å²) in [5.41, 5.74) is 9.80. The van der Waals surface area contributed by atoms with E-state index < -0.39 is 20.0 Å². The van der Waals surface area contributed by atoms with Gasteiger partial charge in [-0.15, -0.1) is 0 Å². The molecule has 4 aliphatic heterocycles. The van der Waals surface area contributed by atoms with Crippen LogP contribution in [0.3, 0.4) is 0 Å². The minimum Gasteiger partial charge on any atom is -0.361 e. The lowest BCUT2D eigenvalue weighted by molar-refractivity contribution is -0.119. The summed E-state index contributed by atoms with van der Waals surface area (Å²) in [7, 11) is -6.58. The topological polar surface area (TPSA) is 212 Å². The molecule has 0 unspecified atom stereocenters. The molecule has 0 aliphatic carbocycles. The number of aromatic nitrogens is 6. The summed E-state index contributed by atoms with van der Waals surface area (Å²) in [6, 6.07) is 25.8. The number of hydrogen-bond donors (Lipinski definition) is 1. The van der Waals surface area contributed by atoms with E-state index in [9.17, 15) is 26.4 Å². The quantitative estimate of drug-likeness (QED) is 0.146. The summed E-state index contributed by atoms with van der Waals surface area (Å²) in [4.78, 5) is 37.4. The molecule has 8 aromatic rings. The van der Waals surface area contributed by atoms with Gasteiger partial charge in [0.2, 0.25) is 31.9 Å². The van der Waals surface area contributed by atoms with Gasteiger partial charge in [0.05, 0.1) is 75.8 Å². The van der Waals surface area contributed by atoms with Gasteiger partial charge in [-0.05, 0) is 100 Å². The largest absolute Gasteiger partial charge is 0.361 e. The highest BCUT2D eigenvalue weighted by molar-refractivity contribution is 7.88. The second-order valence-electron chi connectivity index (χ2n) is 19.6. The molecule has 4 atom stereocenters. The molecule has 1 N–H and O–H groups in total. The molecule has 4 aromatic heterocycles. The van der Waals surface area contributed by atoms with E-state index in [-0.39, 0.29) is 36.0 Å². The molecule has 18 nitrogen and oxygen atoms in total. The van der Waals surface area contributed by atoms with Crippen LogP contribution in [-0.4, -0.2) is 105 Å². The van der Waals surface area contributed by atoms with Crippen molar-refractivity contribution in [3.8, 4) is 22.3 Å². The van der Waals surface area contributed by atoms with Crippen LogP contribution in [0.25, 0.3) is 55.1 Å². The first-order valence-electron chi connectivity index (χ1n) is 24.3. The van der Waals surface area contributed by atoms with E-state index in [4.69, 9.17) is 19.0 Å². The maximum Gasteiger partial charge on any atom is 0.227 e. The average Bonchev–Trinajstić information content (AvgIpc) is 4.21. The number of carbonyl (C=O) groups is 2. The predicted octanol–water partition coefficient (Wildman–Crippen LogP) is 8.00. The van der Waals surface area contributed by atoms with Crippen molar-refractivity contribution in [2.24, 2.45) is 0 Å². The molecule has 20 heteroatoms. The zero-order valence-electron chi connectivity index (χ0n) is 41.0. The zero-order chi connectivity index (χ0) is 50.4. The lowest BCUT2D eigenvalue weighted by Gasteiger charge is -2.28. The van der Waals surface area contributed by atoms with E-state index in [1.807, 2.05) is 93.3 Å². The van der Waals surface area contributed by atoms with Crippen molar-refractivity contribution in [2.75, 3.05) is 43.6 Å². The van der Waals surface area contributed by atoms with E-state index in [1.165, 1.54) is 21.1 Å². The number of anilines is 1. The van der Waals surface area contributed by atoms with Crippen molar-refractivity contribution in [3.63, 3.8) is 0 Å². The minimum atomic E-state index is -3.33. The van der Waals surface area contributed by atoms with Crippen LogP contribution in [0.4, 0.5) is 5.69 Å². The Hall–Kier alpha value is -6.74. The van der Waals surface area contributed by atoms with Gasteiger partial charge in [0, 0.05) is 55.5 Å². The van der Waals surface area contributed by atoms with Crippen LogP contribution in [0, 0.1) is 27.7 Å². The molecule has 4 fully saturated rings. The first kappa shape index (κ1) is 47.6. The summed E-state index contributed by atoms with van der Waals surface area (Å²) < 4.78 is 67.1. The van der Waals surface area contributed by atoms with Gasteiger partial charge >= 0.3 is 0 Å². The van der Waals surface area contributed by atoms with Crippen LogP contribution in [0.2, 0.25) is 0 Å². The number of nitrogens with one attached hydrogen (secondary N) is 1. The summed E-state index contributed by atoms with van der Waals surface area (Å²) in [6.07, 6.45) is 6.08. The Labute approximate surface area is 417 Å². The average molecular weight is 1010 g/mol. The summed E-state index contributed by atoms with van der Waals surface area (Å²) in [5.74, 6) is 3.14. The molecule has 4 aromatic carbocycles. The van der Waals surface area contributed by atoms with Gasteiger partial charge < -0.3 is 28.4 Å². The van der Waals surface area contributed by atoms with Crippen LogP contribution in [0.1, 0.15) is 97.2 Å². The number of aryl methyl sites for hydroxylation is 4. The van der Waals surface area contributed by atoms with Gasteiger partial charge in [0.25, 0.3) is 0 Å². The maximum atomic E-state index is 13.5. The van der Waals surface area contributed by atoms with Gasteiger partial charge in [-0.2, -0.15) is 0 Å². The van der Waals surface area contributed by atoms with E-state index in [2.05, 4.69) is 43.0 Å². The second-order valence-corrected chi connectivity index (χ2v) is 23.6. The molecule has 0 spiro atoms. The Balaban J connectivity index is 0.000000162. The summed E-state index contributed by atoms with van der Waals surface area (Å²) >= 11 is 0. The third kappa shape index (κ3) is 8.46. The van der Waals surface area contributed by atoms with E-state index >= 15 is 0 Å². The molecular weight excluding hydrogens is 957 g/mol. The maximum absolute atomic E-state index is 13.5. The Morgan fingerprint density at radius 2 is 1.17 bits per heavy atom. The number of carbonyl (C=O) groups excluding carboxylic acids is 2. The van der Waals surface area contributed by atoms with Gasteiger partial charge in [-0.3, -0.25) is 9.59 Å². The fraction of sp³-hybridized carbons (Fsp3) is 0.385. The van der Waals surface area contributed by atoms with Crippen LogP contribution in [0.15, 0.2) is 87.9 Å². The number of benzene rings is 4. The van der Waals surface area contributed by atoms with Crippen LogP contribution in [-0.2, 0) is 29.6 Å². The molecule has 4 aliphatic rings. The third-order valence-corrected chi connectivity index (χ3v) is 17.4. The molecule has 0 saturated carbocycles. The smallest absolute Gasteiger partial charge is 0.227 e. The van der Waals surface area contributed by atoms with Gasteiger partial charge in [0.1, 0.15) is 23.2 Å². The summed E-state index contributed by atoms with van der Waals surface area (Å²) in [5, 5.41) is 13.3. The fourth-order valence-electron chi connectivity index (χ4n) is 11.5. The number of hydrogen-bond acceptors (Lipinski definition) is 12. The van der Waals surface area contributed by atoms with Gasteiger partial charge in [-0.25, -0.2) is 35.4 Å². The Kier molecular flexibility index (Phi) is 11.9. The molecule has 0 radical (unpaired) electrons. The SMILES string of the molecule is Cc1noc(C)c1-c1ccc2c(c1)nc([C@@H]1CCC(=O)N1)n2[C@@H]1CCN(S(C)(=O)=O)C1.Cc1noc(C)c1-c1ccc2c(c1)nc([C@@H]1CCC(=O)N1c1cccc3ccccc13)n2[C@@H]1CCN(S(C)(=O)=O)C1. The Bertz CT molecular complexity index is 3660. The number of rotatable bonds is 9. The normalized spacial score (nSPS) is 21.2. The molecular formula is C52H56N10O8S2. The lowest BCUT2D eigenvalue weighted by atomic mass is 10.0. The highest BCUT2D eigenvalue weighted by Crippen LogP contribution is 2.44. The van der Waals surface area contributed by atoms with E-state index in [0.717, 1.165) is 95.3 Å². The minimum absolute atomic E-state index is 0.0178. The van der Waals surface area contributed by atoms with Crippen molar-refractivity contribution in [1.29, 1.82) is 0 Å². The van der Waals surface area contributed by atoms with Crippen molar-refractivity contribution in [2.45, 2.75) is 90.4 Å². The van der Waals surface area contributed by atoms with Crippen molar-refractivity contribution >= 4 is 70.4 Å². The molecule has 374 valence electrons. The first-order chi connectivity index (χ1) is 34.4. The number of imidazole rings is 2. The van der Waals surface area contributed by atoms with E-state index in [1.54, 1.807) is 0 Å².